The molecule has 8 heteroatoms. The number of thioether (sulfide) groups is 1. The van der Waals surface area contributed by atoms with Crippen LogP contribution in [0.25, 0.3) is 0 Å². The number of carbonyl (C=O) groups is 1. The van der Waals surface area contributed by atoms with Crippen molar-refractivity contribution in [2.75, 3.05) is 24.3 Å². The summed E-state index contributed by atoms with van der Waals surface area (Å²) in [4.78, 5) is 17.1. The lowest BCUT2D eigenvalue weighted by molar-refractivity contribution is 0.0744. The molecule has 2 rings (SSSR count). The van der Waals surface area contributed by atoms with E-state index in [1.807, 2.05) is 0 Å². The number of rotatable bonds is 2. The molecule has 0 aliphatic carbocycles. The molecular formula is C11H13FN2O3S2. The van der Waals surface area contributed by atoms with Crippen molar-refractivity contribution in [1.29, 1.82) is 0 Å². The third-order valence-corrected chi connectivity index (χ3v) is 5.49. The van der Waals surface area contributed by atoms with Crippen molar-refractivity contribution in [1.82, 2.24) is 9.88 Å². The highest BCUT2D eigenvalue weighted by Crippen LogP contribution is 2.23. The van der Waals surface area contributed by atoms with Crippen LogP contribution in [0.2, 0.25) is 0 Å². The first-order chi connectivity index (χ1) is 8.91. The van der Waals surface area contributed by atoms with Gasteiger partial charge in [0.15, 0.2) is 15.7 Å². The van der Waals surface area contributed by atoms with Crippen LogP contribution in [-0.4, -0.2) is 53.9 Å². The van der Waals surface area contributed by atoms with Crippen LogP contribution in [0.5, 0.6) is 0 Å². The van der Waals surface area contributed by atoms with E-state index >= 15 is 0 Å². The monoisotopic (exact) mass is 304 g/mol. The van der Waals surface area contributed by atoms with E-state index in [1.54, 1.807) is 0 Å². The van der Waals surface area contributed by atoms with Gasteiger partial charge >= 0.3 is 0 Å². The molecule has 104 valence electrons. The smallest absolute Gasteiger partial charge is 0.258 e. The SMILES string of the molecule is CS(=O)(=O)C1CSCCN1C(=O)c1ccncc1F. The Morgan fingerprint density at radius 1 is 1.58 bits per heavy atom. The minimum Gasteiger partial charge on any atom is -0.320 e. The van der Waals surface area contributed by atoms with E-state index in [9.17, 15) is 17.6 Å². The van der Waals surface area contributed by atoms with Crippen LogP contribution in [-0.2, 0) is 9.84 Å². The molecular weight excluding hydrogens is 291 g/mol. The molecule has 1 aromatic rings. The number of nitrogens with zero attached hydrogens (tertiary/aromatic N) is 2. The minimum absolute atomic E-state index is 0.143. The van der Waals surface area contributed by atoms with Gasteiger partial charge in [-0.05, 0) is 6.07 Å². The number of aromatic nitrogens is 1. The van der Waals surface area contributed by atoms with Crippen molar-refractivity contribution in [2.24, 2.45) is 0 Å². The van der Waals surface area contributed by atoms with Gasteiger partial charge in [0.1, 0.15) is 5.37 Å². The topological polar surface area (TPSA) is 67.3 Å². The third-order valence-electron chi connectivity index (χ3n) is 2.84. The van der Waals surface area contributed by atoms with Crippen molar-refractivity contribution in [3.8, 4) is 0 Å². The Kier molecular flexibility index (Phi) is 4.10. The van der Waals surface area contributed by atoms with Gasteiger partial charge in [0, 0.05) is 30.5 Å². The Bertz CT molecular complexity index is 591. The highest BCUT2D eigenvalue weighted by Gasteiger charge is 2.35. The lowest BCUT2D eigenvalue weighted by atomic mass is 10.2. The van der Waals surface area contributed by atoms with Gasteiger partial charge in [-0.25, -0.2) is 12.8 Å². The summed E-state index contributed by atoms with van der Waals surface area (Å²) in [6.45, 7) is 0.295. The zero-order valence-electron chi connectivity index (χ0n) is 10.2. The Morgan fingerprint density at radius 3 is 2.95 bits per heavy atom. The van der Waals surface area contributed by atoms with Gasteiger partial charge in [-0.15, -0.1) is 0 Å². The fourth-order valence-electron chi connectivity index (χ4n) is 1.87. The van der Waals surface area contributed by atoms with Gasteiger partial charge in [0.25, 0.3) is 5.91 Å². The molecule has 1 aliphatic heterocycles. The van der Waals surface area contributed by atoms with Crippen molar-refractivity contribution in [3.05, 3.63) is 29.8 Å². The maximum Gasteiger partial charge on any atom is 0.258 e. The summed E-state index contributed by atoms with van der Waals surface area (Å²) in [5.74, 6) is -0.379. The second kappa shape index (κ2) is 5.46. The number of pyridine rings is 1. The molecule has 0 radical (unpaired) electrons. The molecule has 1 amide bonds. The summed E-state index contributed by atoms with van der Waals surface area (Å²) in [6.07, 6.45) is 3.35. The molecule has 1 aliphatic rings. The van der Waals surface area contributed by atoms with E-state index in [0.717, 1.165) is 12.5 Å². The number of sulfone groups is 1. The normalized spacial score (nSPS) is 20.3. The molecule has 0 bridgehead atoms. The molecule has 1 fully saturated rings. The van der Waals surface area contributed by atoms with E-state index < -0.39 is 26.9 Å². The number of hydrogen-bond acceptors (Lipinski definition) is 5. The summed E-state index contributed by atoms with van der Waals surface area (Å²) < 4.78 is 37.0. The maximum atomic E-state index is 13.6. The standard InChI is InChI=1S/C11H13FN2O3S2/c1-19(16,17)10-7-18-5-4-14(10)11(15)8-2-3-13-6-9(8)12/h2-3,6,10H,4-5,7H2,1H3. The Hall–Kier alpha value is -1.15. The summed E-state index contributed by atoms with van der Waals surface area (Å²) in [6, 6.07) is 1.26. The Balaban J connectivity index is 2.34. The number of carbonyl (C=O) groups excluding carboxylic acids is 1. The molecule has 19 heavy (non-hydrogen) atoms. The summed E-state index contributed by atoms with van der Waals surface area (Å²) in [5, 5.41) is -0.897. The molecule has 2 heterocycles. The van der Waals surface area contributed by atoms with Crippen LogP contribution in [0.3, 0.4) is 0 Å². The second-order valence-electron chi connectivity index (χ2n) is 4.21. The van der Waals surface area contributed by atoms with Crippen LogP contribution in [0, 0.1) is 5.82 Å². The van der Waals surface area contributed by atoms with Gasteiger partial charge < -0.3 is 4.90 Å². The second-order valence-corrected chi connectivity index (χ2v) is 7.57. The lowest BCUT2D eigenvalue weighted by Gasteiger charge is -2.34. The van der Waals surface area contributed by atoms with E-state index in [1.165, 1.54) is 28.9 Å². The van der Waals surface area contributed by atoms with Crippen LogP contribution >= 0.6 is 11.8 Å². The summed E-state index contributed by atoms with van der Waals surface area (Å²) in [7, 11) is -3.39. The largest absolute Gasteiger partial charge is 0.320 e. The van der Waals surface area contributed by atoms with Crippen LogP contribution in [0.4, 0.5) is 4.39 Å². The molecule has 1 saturated heterocycles. The van der Waals surface area contributed by atoms with E-state index in [4.69, 9.17) is 0 Å². The fourth-order valence-corrected chi connectivity index (χ4v) is 4.69. The first-order valence-corrected chi connectivity index (χ1v) is 8.69. The highest BCUT2D eigenvalue weighted by atomic mass is 32.2. The van der Waals surface area contributed by atoms with Crippen LogP contribution in [0.1, 0.15) is 10.4 Å². The van der Waals surface area contributed by atoms with Crippen molar-refractivity contribution in [3.63, 3.8) is 0 Å². The molecule has 5 nitrogen and oxygen atoms in total. The molecule has 0 saturated carbocycles. The van der Waals surface area contributed by atoms with Gasteiger partial charge in [-0.2, -0.15) is 11.8 Å². The molecule has 0 spiro atoms. The molecule has 0 N–H and O–H groups in total. The molecule has 1 atom stereocenters. The highest BCUT2D eigenvalue weighted by molar-refractivity contribution is 8.00. The first kappa shape index (κ1) is 14.3. The first-order valence-electron chi connectivity index (χ1n) is 5.58. The summed E-state index contributed by atoms with van der Waals surface area (Å²) >= 11 is 1.47. The van der Waals surface area contributed by atoms with Crippen molar-refractivity contribution >= 4 is 27.5 Å². The predicted molar refractivity (Wildman–Crippen MR) is 71.2 cm³/mol. The molecule has 0 aromatic carbocycles. The summed E-state index contributed by atoms with van der Waals surface area (Å²) in [5.41, 5.74) is -0.143. The minimum atomic E-state index is -3.39. The average Bonchev–Trinajstić information content (AvgIpc) is 2.37. The van der Waals surface area contributed by atoms with Crippen molar-refractivity contribution < 1.29 is 17.6 Å². The molecule has 1 unspecified atom stereocenters. The number of amides is 1. The van der Waals surface area contributed by atoms with Gasteiger partial charge in [0.05, 0.1) is 11.8 Å². The van der Waals surface area contributed by atoms with Gasteiger partial charge in [0.2, 0.25) is 0 Å². The number of hydrogen-bond donors (Lipinski definition) is 0. The van der Waals surface area contributed by atoms with Crippen LogP contribution < -0.4 is 0 Å². The van der Waals surface area contributed by atoms with Crippen LogP contribution in [0.15, 0.2) is 18.5 Å². The molecule has 1 aromatic heterocycles. The predicted octanol–water partition coefficient (Wildman–Crippen LogP) is 0.780. The Labute approximate surface area is 115 Å². The third kappa shape index (κ3) is 3.06. The quantitative estimate of drug-likeness (QED) is 0.808. The van der Waals surface area contributed by atoms with E-state index in [-0.39, 0.29) is 5.56 Å². The number of halogens is 1. The van der Waals surface area contributed by atoms with E-state index in [0.29, 0.717) is 18.1 Å². The maximum absolute atomic E-state index is 13.6. The van der Waals surface area contributed by atoms with Gasteiger partial charge in [-0.3, -0.25) is 9.78 Å². The Morgan fingerprint density at radius 2 is 2.32 bits per heavy atom. The fraction of sp³-hybridized carbons (Fsp3) is 0.455. The zero-order chi connectivity index (χ0) is 14.0. The zero-order valence-corrected chi connectivity index (χ0v) is 11.9. The lowest BCUT2D eigenvalue weighted by Crippen LogP contribution is -2.50. The average molecular weight is 304 g/mol. The van der Waals surface area contributed by atoms with E-state index in [2.05, 4.69) is 4.98 Å². The van der Waals surface area contributed by atoms with Gasteiger partial charge in [-0.1, -0.05) is 0 Å². The van der Waals surface area contributed by atoms with Crippen molar-refractivity contribution in [2.45, 2.75) is 5.37 Å².